The Bertz CT molecular complexity index is 1270. The Hall–Kier alpha value is -3.77. The predicted octanol–water partition coefficient (Wildman–Crippen LogP) is 5.80. The number of hydrogen-bond donors (Lipinski definition) is 1. The summed E-state index contributed by atoms with van der Waals surface area (Å²) >= 11 is 6.01. The van der Waals surface area contributed by atoms with Gasteiger partial charge in [-0.1, -0.05) is 48.0 Å². The van der Waals surface area contributed by atoms with Gasteiger partial charge in [0.1, 0.15) is 5.76 Å². The van der Waals surface area contributed by atoms with E-state index in [0.717, 1.165) is 5.56 Å². The monoisotopic (exact) mass is 505 g/mol. The minimum atomic E-state index is -0.792. The zero-order valence-electron chi connectivity index (χ0n) is 20.2. The van der Waals surface area contributed by atoms with E-state index in [-0.39, 0.29) is 11.3 Å². The lowest BCUT2D eigenvalue weighted by atomic mass is 9.95. The normalized spacial score (nSPS) is 16.9. The van der Waals surface area contributed by atoms with E-state index in [1.165, 1.54) is 4.90 Å². The van der Waals surface area contributed by atoms with Crippen molar-refractivity contribution in [1.29, 1.82) is 0 Å². The van der Waals surface area contributed by atoms with Crippen molar-refractivity contribution in [2.24, 2.45) is 0 Å². The van der Waals surface area contributed by atoms with Crippen LogP contribution in [0.2, 0.25) is 5.02 Å². The molecule has 0 radical (unpaired) electrons. The van der Waals surface area contributed by atoms with Crippen LogP contribution in [0.25, 0.3) is 5.76 Å². The van der Waals surface area contributed by atoms with Crippen LogP contribution in [0.3, 0.4) is 0 Å². The summed E-state index contributed by atoms with van der Waals surface area (Å²) in [4.78, 5) is 28.0. The van der Waals surface area contributed by atoms with Crippen molar-refractivity contribution in [3.63, 3.8) is 0 Å². The van der Waals surface area contributed by atoms with E-state index in [1.54, 1.807) is 42.5 Å². The van der Waals surface area contributed by atoms with Crippen molar-refractivity contribution < 1.29 is 24.2 Å². The van der Waals surface area contributed by atoms with Gasteiger partial charge in [-0.2, -0.15) is 0 Å². The molecule has 1 aliphatic rings. The van der Waals surface area contributed by atoms with Crippen molar-refractivity contribution in [3.05, 3.63) is 100 Å². The number of halogens is 1. The number of ketones is 1. The van der Waals surface area contributed by atoms with Gasteiger partial charge in [-0.3, -0.25) is 9.59 Å². The van der Waals surface area contributed by atoms with Crippen molar-refractivity contribution in [2.45, 2.75) is 26.3 Å². The fourth-order valence-corrected chi connectivity index (χ4v) is 4.48. The summed E-state index contributed by atoms with van der Waals surface area (Å²) in [6, 6.07) is 20.8. The molecule has 6 nitrogen and oxygen atoms in total. The fraction of sp³-hybridized carbons (Fsp3) is 0.241. The number of aliphatic hydroxyl groups is 1. The molecule has 0 aliphatic carbocycles. The highest BCUT2D eigenvalue weighted by Gasteiger charge is 2.46. The average molecular weight is 506 g/mol. The molecule has 186 valence electrons. The third-order valence-electron chi connectivity index (χ3n) is 6.03. The van der Waals surface area contributed by atoms with Gasteiger partial charge in [0, 0.05) is 17.1 Å². The summed E-state index contributed by atoms with van der Waals surface area (Å²) in [7, 11) is 0. The SMILES string of the molecule is CCOc1ccc(C2/C(=C(\O)c3ccc(Cl)cc3)C(=O)C(=O)N2CCc2ccccc2)cc1OCC. The number of hydrogen-bond acceptors (Lipinski definition) is 5. The summed E-state index contributed by atoms with van der Waals surface area (Å²) in [5.41, 5.74) is 2.12. The van der Waals surface area contributed by atoms with Crippen LogP contribution in [0.5, 0.6) is 11.5 Å². The molecule has 1 N–H and O–H groups in total. The lowest BCUT2D eigenvalue weighted by Crippen LogP contribution is -2.31. The van der Waals surface area contributed by atoms with Gasteiger partial charge in [0.2, 0.25) is 0 Å². The first-order valence-electron chi connectivity index (χ1n) is 11.9. The zero-order chi connectivity index (χ0) is 25.7. The minimum Gasteiger partial charge on any atom is -0.507 e. The van der Waals surface area contributed by atoms with Crippen LogP contribution >= 0.6 is 11.6 Å². The smallest absolute Gasteiger partial charge is 0.295 e. The molecule has 0 bridgehead atoms. The van der Waals surface area contributed by atoms with E-state index in [2.05, 4.69) is 0 Å². The molecule has 1 saturated heterocycles. The molecule has 36 heavy (non-hydrogen) atoms. The molecule has 1 aliphatic heterocycles. The number of ether oxygens (including phenoxy) is 2. The average Bonchev–Trinajstić information content (AvgIpc) is 3.14. The third-order valence-corrected chi connectivity index (χ3v) is 6.28. The standard InChI is InChI=1S/C29H28ClNO5/c1-3-35-23-15-12-21(18-24(23)36-4-2)26-25(27(32)20-10-13-22(30)14-11-20)28(33)29(34)31(26)17-16-19-8-6-5-7-9-19/h5-15,18,26,32H,3-4,16-17H2,1-2H3/b27-25+. The quantitative estimate of drug-likeness (QED) is 0.226. The second-order valence-corrected chi connectivity index (χ2v) is 8.74. The molecule has 0 spiro atoms. The minimum absolute atomic E-state index is 0.0296. The van der Waals surface area contributed by atoms with Gasteiger partial charge >= 0.3 is 0 Å². The number of aliphatic hydroxyl groups excluding tert-OH is 1. The van der Waals surface area contributed by atoms with Crippen molar-refractivity contribution in [3.8, 4) is 11.5 Å². The summed E-state index contributed by atoms with van der Waals surface area (Å²) in [6.07, 6.45) is 0.556. The van der Waals surface area contributed by atoms with Gasteiger partial charge in [-0.05, 0) is 67.8 Å². The molecule has 3 aromatic rings. The number of rotatable bonds is 9. The molecule has 1 heterocycles. The topological polar surface area (TPSA) is 76.1 Å². The molecular formula is C29H28ClNO5. The fourth-order valence-electron chi connectivity index (χ4n) is 4.35. The van der Waals surface area contributed by atoms with Gasteiger partial charge in [-0.25, -0.2) is 0 Å². The lowest BCUT2D eigenvalue weighted by Gasteiger charge is -2.26. The number of carbonyl (C=O) groups is 2. The van der Waals surface area contributed by atoms with Crippen molar-refractivity contribution in [1.82, 2.24) is 4.90 Å². The van der Waals surface area contributed by atoms with Gasteiger partial charge in [0.05, 0.1) is 24.8 Å². The van der Waals surface area contributed by atoms with E-state index >= 15 is 0 Å². The van der Waals surface area contributed by atoms with Gasteiger partial charge in [0.15, 0.2) is 11.5 Å². The van der Waals surface area contributed by atoms with Gasteiger partial charge in [0.25, 0.3) is 11.7 Å². The number of likely N-dealkylation sites (tertiary alicyclic amines) is 1. The highest BCUT2D eigenvalue weighted by atomic mass is 35.5. The molecule has 1 amide bonds. The Labute approximate surface area is 215 Å². The van der Waals surface area contributed by atoms with Gasteiger partial charge < -0.3 is 19.5 Å². The largest absolute Gasteiger partial charge is 0.507 e. The Morgan fingerprint density at radius 2 is 1.58 bits per heavy atom. The number of Topliss-reactive ketones (excluding diaryl/α,β-unsaturated/α-hetero) is 1. The maximum absolute atomic E-state index is 13.3. The number of carbonyl (C=O) groups excluding carboxylic acids is 2. The van der Waals surface area contributed by atoms with E-state index in [1.807, 2.05) is 44.2 Å². The van der Waals surface area contributed by atoms with E-state index in [9.17, 15) is 14.7 Å². The molecule has 3 aromatic carbocycles. The van der Waals surface area contributed by atoms with Crippen LogP contribution in [-0.4, -0.2) is 41.5 Å². The van der Waals surface area contributed by atoms with Crippen LogP contribution in [0.4, 0.5) is 0 Å². The van der Waals surface area contributed by atoms with Gasteiger partial charge in [-0.15, -0.1) is 0 Å². The molecule has 1 unspecified atom stereocenters. The predicted molar refractivity (Wildman–Crippen MR) is 139 cm³/mol. The van der Waals surface area contributed by atoms with Crippen LogP contribution < -0.4 is 9.47 Å². The van der Waals surface area contributed by atoms with E-state index in [4.69, 9.17) is 21.1 Å². The number of amides is 1. The molecule has 1 fully saturated rings. The molecular weight excluding hydrogens is 478 g/mol. The first kappa shape index (κ1) is 25.3. The number of nitrogens with zero attached hydrogens (tertiary/aromatic N) is 1. The summed E-state index contributed by atoms with van der Waals surface area (Å²) in [5, 5.41) is 11.7. The molecule has 0 aromatic heterocycles. The molecule has 7 heteroatoms. The van der Waals surface area contributed by atoms with Crippen LogP contribution in [0.1, 0.15) is 36.6 Å². The van der Waals surface area contributed by atoms with E-state index < -0.39 is 17.7 Å². The van der Waals surface area contributed by atoms with Crippen molar-refractivity contribution >= 4 is 29.1 Å². The molecule has 0 saturated carbocycles. The first-order valence-corrected chi connectivity index (χ1v) is 12.3. The molecule has 4 rings (SSSR count). The summed E-state index contributed by atoms with van der Waals surface area (Å²) in [5.74, 6) is -0.547. The van der Waals surface area contributed by atoms with Crippen LogP contribution in [0.15, 0.2) is 78.4 Å². The summed E-state index contributed by atoms with van der Waals surface area (Å²) in [6.45, 7) is 4.94. The first-order chi connectivity index (χ1) is 17.4. The maximum atomic E-state index is 13.3. The molecule has 1 atom stereocenters. The lowest BCUT2D eigenvalue weighted by molar-refractivity contribution is -0.139. The second-order valence-electron chi connectivity index (χ2n) is 8.31. The Morgan fingerprint density at radius 1 is 0.917 bits per heavy atom. The van der Waals surface area contributed by atoms with Crippen LogP contribution in [-0.2, 0) is 16.0 Å². The number of benzene rings is 3. The Balaban J connectivity index is 1.82. The second kappa shape index (κ2) is 11.3. The summed E-state index contributed by atoms with van der Waals surface area (Å²) < 4.78 is 11.5. The Kier molecular flexibility index (Phi) is 7.96. The van der Waals surface area contributed by atoms with Crippen LogP contribution in [0, 0.1) is 0 Å². The zero-order valence-corrected chi connectivity index (χ0v) is 21.0. The maximum Gasteiger partial charge on any atom is 0.295 e. The Morgan fingerprint density at radius 3 is 2.25 bits per heavy atom. The van der Waals surface area contributed by atoms with E-state index in [0.29, 0.717) is 53.8 Å². The highest BCUT2D eigenvalue weighted by Crippen LogP contribution is 2.42. The highest BCUT2D eigenvalue weighted by molar-refractivity contribution is 6.46. The van der Waals surface area contributed by atoms with Crippen molar-refractivity contribution in [2.75, 3.05) is 19.8 Å². The third kappa shape index (κ3) is 5.24.